The summed E-state index contributed by atoms with van der Waals surface area (Å²) in [5.74, 6) is 1.50. The van der Waals surface area contributed by atoms with Gasteiger partial charge in [0.15, 0.2) is 5.78 Å². The van der Waals surface area contributed by atoms with Crippen molar-refractivity contribution in [1.82, 2.24) is 31.3 Å². The maximum Gasteiger partial charge on any atom is 0.223 e. The monoisotopic (exact) mass is 494 g/mol. The Hall–Kier alpha value is -3.04. The number of nitrogens with one attached hydrogen (secondary N) is 3. The molecule has 0 aliphatic rings. The third-order valence-corrected chi connectivity index (χ3v) is 6.30. The van der Waals surface area contributed by atoms with Gasteiger partial charge in [0.05, 0.1) is 6.04 Å². The van der Waals surface area contributed by atoms with Gasteiger partial charge in [0.2, 0.25) is 11.7 Å². The smallest absolute Gasteiger partial charge is 0.223 e. The average Bonchev–Trinajstić information content (AvgIpc) is 3.42. The molecule has 2 unspecified atom stereocenters. The molecule has 1 heterocycles. The number of aromatic nitrogens is 4. The van der Waals surface area contributed by atoms with Crippen LogP contribution in [0.5, 0.6) is 0 Å². The van der Waals surface area contributed by atoms with Crippen LogP contribution in [-0.2, 0) is 9.59 Å². The fourth-order valence-corrected chi connectivity index (χ4v) is 4.38. The summed E-state index contributed by atoms with van der Waals surface area (Å²) in [6.07, 6.45) is 1.23. The van der Waals surface area contributed by atoms with Crippen molar-refractivity contribution in [1.29, 1.82) is 0 Å². The standard InChI is InChI=1S/C26H34N6O2S/c1-4-23(33)24(27-13-14-28-26(34)20(16-35)15-17(2)3)19-11-9-18(10-12-19)21-7-5-6-8-22(21)25-29-31-32-30-25/h5-12,17,20,24,27,35H,4,13-16H2,1-3H3,(H,28,34)(H,29,30,31,32). The van der Waals surface area contributed by atoms with Gasteiger partial charge in [-0.25, -0.2) is 0 Å². The molecule has 2 atom stereocenters. The molecule has 0 saturated heterocycles. The van der Waals surface area contributed by atoms with E-state index in [1.807, 2.05) is 55.5 Å². The Morgan fingerprint density at radius 3 is 2.34 bits per heavy atom. The van der Waals surface area contributed by atoms with Gasteiger partial charge in [-0.15, -0.1) is 10.2 Å². The van der Waals surface area contributed by atoms with Crippen LogP contribution in [0.4, 0.5) is 0 Å². The van der Waals surface area contributed by atoms with Crippen molar-refractivity contribution < 1.29 is 9.59 Å². The summed E-state index contributed by atoms with van der Waals surface area (Å²) in [5, 5.41) is 20.6. The van der Waals surface area contributed by atoms with E-state index in [4.69, 9.17) is 0 Å². The van der Waals surface area contributed by atoms with Gasteiger partial charge in [-0.3, -0.25) is 9.59 Å². The molecule has 0 spiro atoms. The number of aromatic amines is 1. The number of benzene rings is 2. The van der Waals surface area contributed by atoms with Gasteiger partial charge >= 0.3 is 0 Å². The van der Waals surface area contributed by atoms with Crippen molar-refractivity contribution in [3.8, 4) is 22.5 Å². The van der Waals surface area contributed by atoms with Crippen LogP contribution in [0.25, 0.3) is 22.5 Å². The molecular formula is C26H34N6O2S. The second kappa shape index (κ2) is 13.2. The predicted octanol–water partition coefficient (Wildman–Crippen LogP) is 3.85. The van der Waals surface area contributed by atoms with E-state index in [9.17, 15) is 9.59 Å². The first kappa shape index (κ1) is 26.6. The van der Waals surface area contributed by atoms with Crippen molar-refractivity contribution in [2.75, 3.05) is 18.8 Å². The molecule has 35 heavy (non-hydrogen) atoms. The summed E-state index contributed by atoms with van der Waals surface area (Å²) in [5.41, 5.74) is 3.74. The number of rotatable bonds is 13. The Balaban J connectivity index is 1.67. The van der Waals surface area contributed by atoms with Crippen molar-refractivity contribution in [3.05, 3.63) is 54.1 Å². The SMILES string of the molecule is CCC(=O)C(NCCNC(=O)C(CS)CC(C)C)c1ccc(-c2ccccc2-c2nn[nH]n2)cc1. The normalized spacial score (nSPS) is 12.9. The summed E-state index contributed by atoms with van der Waals surface area (Å²) >= 11 is 4.32. The van der Waals surface area contributed by atoms with E-state index in [1.165, 1.54) is 0 Å². The van der Waals surface area contributed by atoms with E-state index in [2.05, 4.69) is 57.7 Å². The van der Waals surface area contributed by atoms with Crippen LogP contribution in [0.15, 0.2) is 48.5 Å². The first-order valence-electron chi connectivity index (χ1n) is 12.0. The number of carbonyl (C=O) groups excluding carboxylic acids is 2. The Bertz CT molecular complexity index is 1090. The van der Waals surface area contributed by atoms with Crippen LogP contribution in [0.1, 0.15) is 45.2 Å². The minimum Gasteiger partial charge on any atom is -0.355 e. The van der Waals surface area contributed by atoms with Gasteiger partial charge in [0.25, 0.3) is 0 Å². The van der Waals surface area contributed by atoms with Gasteiger partial charge in [0.1, 0.15) is 0 Å². The summed E-state index contributed by atoms with van der Waals surface area (Å²) in [7, 11) is 0. The van der Waals surface area contributed by atoms with E-state index in [0.29, 0.717) is 37.0 Å². The lowest BCUT2D eigenvalue weighted by Crippen LogP contribution is -2.39. The molecular weight excluding hydrogens is 460 g/mol. The lowest BCUT2D eigenvalue weighted by molar-refractivity contribution is -0.124. The molecule has 186 valence electrons. The second-order valence-corrected chi connectivity index (χ2v) is 9.28. The lowest BCUT2D eigenvalue weighted by Gasteiger charge is -2.20. The van der Waals surface area contributed by atoms with E-state index in [0.717, 1.165) is 28.7 Å². The van der Waals surface area contributed by atoms with Crippen molar-refractivity contribution in [2.24, 2.45) is 11.8 Å². The summed E-state index contributed by atoms with van der Waals surface area (Å²) in [4.78, 5) is 25.1. The van der Waals surface area contributed by atoms with E-state index in [-0.39, 0.29) is 17.6 Å². The highest BCUT2D eigenvalue weighted by molar-refractivity contribution is 7.80. The quantitative estimate of drug-likeness (QED) is 0.212. The van der Waals surface area contributed by atoms with Crippen LogP contribution in [0.3, 0.4) is 0 Å². The zero-order chi connectivity index (χ0) is 25.2. The molecule has 2 aromatic carbocycles. The Morgan fingerprint density at radius 2 is 1.74 bits per heavy atom. The molecule has 3 N–H and O–H groups in total. The number of carbonyl (C=O) groups is 2. The minimum absolute atomic E-state index is 0.0125. The number of amides is 1. The highest BCUT2D eigenvalue weighted by Gasteiger charge is 2.20. The van der Waals surface area contributed by atoms with E-state index >= 15 is 0 Å². The number of Topliss-reactive ketones (excluding diaryl/α,β-unsaturated/α-hetero) is 1. The molecule has 9 heteroatoms. The third-order valence-electron chi connectivity index (χ3n) is 5.86. The first-order valence-corrected chi connectivity index (χ1v) is 12.7. The highest BCUT2D eigenvalue weighted by atomic mass is 32.1. The highest BCUT2D eigenvalue weighted by Crippen LogP contribution is 2.30. The van der Waals surface area contributed by atoms with E-state index < -0.39 is 6.04 Å². The molecule has 8 nitrogen and oxygen atoms in total. The average molecular weight is 495 g/mol. The molecule has 0 aliphatic heterocycles. The number of hydrogen-bond acceptors (Lipinski definition) is 7. The molecule has 0 bridgehead atoms. The summed E-state index contributed by atoms with van der Waals surface area (Å²) < 4.78 is 0. The maximum absolute atomic E-state index is 12.7. The second-order valence-electron chi connectivity index (χ2n) is 8.91. The summed E-state index contributed by atoms with van der Waals surface area (Å²) in [6.45, 7) is 7.00. The Labute approximate surface area is 212 Å². The van der Waals surface area contributed by atoms with Crippen molar-refractivity contribution in [3.63, 3.8) is 0 Å². The zero-order valence-corrected chi connectivity index (χ0v) is 21.4. The molecule has 3 aromatic rings. The van der Waals surface area contributed by atoms with E-state index in [1.54, 1.807) is 0 Å². The Morgan fingerprint density at radius 1 is 1.03 bits per heavy atom. The maximum atomic E-state index is 12.7. The third kappa shape index (κ3) is 7.22. The van der Waals surface area contributed by atoms with Gasteiger partial charge in [-0.05, 0) is 34.2 Å². The Kier molecular flexibility index (Phi) is 9.98. The number of thiol groups is 1. The molecule has 0 fully saturated rings. The number of H-pyrrole nitrogens is 1. The fraction of sp³-hybridized carbons (Fsp3) is 0.423. The topological polar surface area (TPSA) is 113 Å². The summed E-state index contributed by atoms with van der Waals surface area (Å²) in [6, 6.07) is 15.3. The predicted molar refractivity (Wildman–Crippen MR) is 141 cm³/mol. The number of tetrazole rings is 1. The molecule has 0 aliphatic carbocycles. The fourth-order valence-electron chi connectivity index (χ4n) is 4.06. The first-order chi connectivity index (χ1) is 16.9. The van der Waals surface area contributed by atoms with Crippen LogP contribution in [0.2, 0.25) is 0 Å². The molecule has 1 amide bonds. The number of hydrogen-bond donors (Lipinski definition) is 4. The molecule has 0 radical (unpaired) electrons. The van der Waals surface area contributed by atoms with Gasteiger partial charge in [-0.2, -0.15) is 17.8 Å². The van der Waals surface area contributed by atoms with Crippen molar-refractivity contribution in [2.45, 2.75) is 39.7 Å². The lowest BCUT2D eigenvalue weighted by atomic mass is 9.95. The molecule has 1 aromatic heterocycles. The van der Waals surface area contributed by atoms with Crippen LogP contribution < -0.4 is 10.6 Å². The number of ketones is 1. The van der Waals surface area contributed by atoms with Gasteiger partial charge in [0, 0.05) is 36.7 Å². The largest absolute Gasteiger partial charge is 0.355 e. The van der Waals surface area contributed by atoms with Gasteiger partial charge < -0.3 is 10.6 Å². The van der Waals surface area contributed by atoms with Crippen LogP contribution in [-0.4, -0.2) is 51.2 Å². The minimum atomic E-state index is -0.435. The van der Waals surface area contributed by atoms with Crippen LogP contribution in [0, 0.1) is 11.8 Å². The molecule has 3 rings (SSSR count). The molecule has 0 saturated carbocycles. The van der Waals surface area contributed by atoms with Crippen LogP contribution >= 0.6 is 12.6 Å². The van der Waals surface area contributed by atoms with Gasteiger partial charge in [-0.1, -0.05) is 69.3 Å². The van der Waals surface area contributed by atoms with Crippen molar-refractivity contribution >= 4 is 24.3 Å². The number of nitrogens with zero attached hydrogens (tertiary/aromatic N) is 3. The zero-order valence-electron chi connectivity index (χ0n) is 20.5.